The second-order valence-corrected chi connectivity index (χ2v) is 3.66. The molecule has 2 rings (SSSR count). The van der Waals surface area contributed by atoms with Crippen molar-refractivity contribution in [2.45, 2.75) is 6.92 Å². The van der Waals surface area contributed by atoms with Crippen molar-refractivity contribution in [2.24, 2.45) is 0 Å². The Morgan fingerprint density at radius 1 is 1.43 bits per heavy atom. The molecule has 0 aliphatic rings. The number of nitrogens with one attached hydrogen (secondary N) is 1. The molecule has 0 atom stereocenters. The van der Waals surface area contributed by atoms with Crippen LogP contribution in [0, 0.1) is 6.92 Å². The number of halogens is 1. The second kappa shape index (κ2) is 3.89. The molecule has 0 spiro atoms. The molecule has 0 amide bonds. The predicted octanol–water partition coefficient (Wildman–Crippen LogP) is 3.73. The Kier molecular flexibility index (Phi) is 2.60. The lowest BCUT2D eigenvalue weighted by Gasteiger charge is -1.94. The maximum Gasteiger partial charge on any atom is 0.0460 e. The molecule has 0 saturated carbocycles. The van der Waals surface area contributed by atoms with Gasteiger partial charge in [-0.15, -0.1) is 11.6 Å². The van der Waals surface area contributed by atoms with Crippen LogP contribution in [0.4, 0.5) is 0 Å². The van der Waals surface area contributed by atoms with Gasteiger partial charge in [0.15, 0.2) is 0 Å². The Bertz CT molecular complexity index is 468. The summed E-state index contributed by atoms with van der Waals surface area (Å²) in [5, 5.41) is 1.26. The van der Waals surface area contributed by atoms with Gasteiger partial charge in [0.1, 0.15) is 0 Å². The van der Waals surface area contributed by atoms with E-state index in [9.17, 15) is 0 Å². The Balaban J connectivity index is 2.55. The van der Waals surface area contributed by atoms with Crippen LogP contribution in [0.1, 0.15) is 11.1 Å². The molecule has 1 N–H and O–H groups in total. The average Bonchev–Trinajstić information content (AvgIpc) is 2.57. The number of allylic oxidation sites excluding steroid dienone is 1. The first kappa shape index (κ1) is 9.35. The third-order valence-corrected chi connectivity index (χ3v) is 2.43. The zero-order chi connectivity index (χ0) is 9.97. The third-order valence-electron chi connectivity index (χ3n) is 2.26. The van der Waals surface area contributed by atoms with Crippen LogP contribution in [0.25, 0.3) is 17.0 Å². The van der Waals surface area contributed by atoms with Gasteiger partial charge in [-0.3, -0.25) is 0 Å². The van der Waals surface area contributed by atoms with E-state index in [1.54, 1.807) is 0 Å². The Hall–Kier alpha value is -1.21. The van der Waals surface area contributed by atoms with Gasteiger partial charge < -0.3 is 4.98 Å². The number of benzene rings is 1. The first-order chi connectivity index (χ1) is 6.81. The van der Waals surface area contributed by atoms with Gasteiger partial charge >= 0.3 is 0 Å². The largest absolute Gasteiger partial charge is 0.361 e. The number of H-pyrrole nitrogens is 1. The first-order valence-corrected chi connectivity index (χ1v) is 5.15. The molecule has 1 heterocycles. The van der Waals surface area contributed by atoms with Crippen molar-refractivity contribution >= 4 is 28.6 Å². The van der Waals surface area contributed by atoms with Crippen LogP contribution in [0.5, 0.6) is 0 Å². The van der Waals surface area contributed by atoms with Crippen LogP contribution in [-0.4, -0.2) is 10.9 Å². The van der Waals surface area contributed by atoms with Crippen molar-refractivity contribution in [3.63, 3.8) is 0 Å². The Labute approximate surface area is 88.4 Å². The lowest BCUT2D eigenvalue weighted by atomic mass is 10.1. The molecule has 2 aromatic rings. The number of aryl methyl sites for hydroxylation is 1. The Morgan fingerprint density at radius 2 is 2.29 bits per heavy atom. The molecule has 14 heavy (non-hydrogen) atoms. The molecule has 0 unspecified atom stereocenters. The summed E-state index contributed by atoms with van der Waals surface area (Å²) in [6.45, 7) is 2.10. The van der Waals surface area contributed by atoms with Crippen LogP contribution < -0.4 is 0 Å². The molecule has 0 bridgehead atoms. The van der Waals surface area contributed by atoms with Crippen LogP contribution >= 0.6 is 11.6 Å². The van der Waals surface area contributed by atoms with Gasteiger partial charge in [-0.2, -0.15) is 0 Å². The molecule has 1 nitrogen and oxygen atoms in total. The second-order valence-electron chi connectivity index (χ2n) is 3.35. The molecule has 72 valence electrons. The van der Waals surface area contributed by atoms with E-state index in [-0.39, 0.29) is 0 Å². The van der Waals surface area contributed by atoms with Crippen LogP contribution in [0.15, 0.2) is 30.5 Å². The van der Waals surface area contributed by atoms with Crippen molar-refractivity contribution in [1.29, 1.82) is 0 Å². The van der Waals surface area contributed by atoms with E-state index >= 15 is 0 Å². The number of rotatable bonds is 2. The smallest absolute Gasteiger partial charge is 0.0460 e. The zero-order valence-corrected chi connectivity index (χ0v) is 8.81. The maximum atomic E-state index is 5.60. The van der Waals surface area contributed by atoms with Crippen molar-refractivity contribution in [2.75, 3.05) is 5.88 Å². The van der Waals surface area contributed by atoms with Gasteiger partial charge in [-0.05, 0) is 24.6 Å². The third kappa shape index (κ3) is 1.68. The fourth-order valence-electron chi connectivity index (χ4n) is 1.57. The maximum absolute atomic E-state index is 5.60. The number of aromatic nitrogens is 1. The highest BCUT2D eigenvalue weighted by molar-refractivity contribution is 6.19. The first-order valence-electron chi connectivity index (χ1n) is 4.61. The van der Waals surface area contributed by atoms with Crippen LogP contribution in [0.2, 0.25) is 0 Å². The minimum atomic E-state index is 0.554. The van der Waals surface area contributed by atoms with Crippen LogP contribution in [0.3, 0.4) is 0 Å². The molecular weight excluding hydrogens is 194 g/mol. The minimum absolute atomic E-state index is 0.554. The van der Waals surface area contributed by atoms with Crippen LogP contribution in [-0.2, 0) is 0 Å². The highest BCUT2D eigenvalue weighted by Crippen LogP contribution is 2.20. The number of hydrogen-bond acceptors (Lipinski definition) is 0. The van der Waals surface area contributed by atoms with Gasteiger partial charge in [-0.1, -0.05) is 23.8 Å². The molecule has 1 aromatic heterocycles. The number of alkyl halides is 1. The number of aromatic amines is 1. The fraction of sp³-hybridized carbons (Fsp3) is 0.167. The molecular formula is C12H12ClN. The summed E-state index contributed by atoms with van der Waals surface area (Å²) in [7, 11) is 0. The highest BCUT2D eigenvalue weighted by atomic mass is 35.5. The lowest BCUT2D eigenvalue weighted by molar-refractivity contribution is 1.45. The van der Waals surface area contributed by atoms with E-state index in [0.29, 0.717) is 5.88 Å². The van der Waals surface area contributed by atoms with Gasteiger partial charge in [0, 0.05) is 23.0 Å². The topological polar surface area (TPSA) is 15.8 Å². The van der Waals surface area contributed by atoms with E-state index in [1.807, 2.05) is 18.3 Å². The summed E-state index contributed by atoms with van der Waals surface area (Å²) in [6, 6.07) is 6.39. The van der Waals surface area contributed by atoms with Crippen molar-refractivity contribution in [3.05, 3.63) is 41.6 Å². The average molecular weight is 206 g/mol. The van der Waals surface area contributed by atoms with Gasteiger partial charge in [-0.25, -0.2) is 0 Å². The standard InChI is InChI=1S/C12H12ClN/c1-9-4-5-12-11(7-9)10(8-14-12)3-2-6-13/h2-5,7-8,14H,6H2,1H3. The quantitative estimate of drug-likeness (QED) is 0.720. The van der Waals surface area contributed by atoms with Crippen molar-refractivity contribution < 1.29 is 0 Å². The summed E-state index contributed by atoms with van der Waals surface area (Å²) in [4.78, 5) is 3.23. The highest BCUT2D eigenvalue weighted by Gasteiger charge is 1.99. The normalized spacial score (nSPS) is 11.6. The lowest BCUT2D eigenvalue weighted by Crippen LogP contribution is -1.73. The van der Waals surface area contributed by atoms with Gasteiger partial charge in [0.05, 0.1) is 0 Å². The molecule has 0 fully saturated rings. The van der Waals surface area contributed by atoms with E-state index in [0.717, 1.165) is 0 Å². The van der Waals surface area contributed by atoms with Crippen molar-refractivity contribution in [3.8, 4) is 0 Å². The van der Waals surface area contributed by atoms with Gasteiger partial charge in [0.25, 0.3) is 0 Å². The number of hydrogen-bond donors (Lipinski definition) is 1. The minimum Gasteiger partial charge on any atom is -0.361 e. The van der Waals surface area contributed by atoms with Crippen molar-refractivity contribution in [1.82, 2.24) is 4.98 Å². The fourth-order valence-corrected chi connectivity index (χ4v) is 1.65. The van der Waals surface area contributed by atoms with Gasteiger partial charge in [0.2, 0.25) is 0 Å². The zero-order valence-electron chi connectivity index (χ0n) is 8.05. The predicted molar refractivity (Wildman–Crippen MR) is 62.8 cm³/mol. The summed E-state index contributed by atoms with van der Waals surface area (Å²) < 4.78 is 0. The summed E-state index contributed by atoms with van der Waals surface area (Å²) >= 11 is 5.60. The van der Waals surface area contributed by atoms with E-state index < -0.39 is 0 Å². The summed E-state index contributed by atoms with van der Waals surface area (Å²) in [5.41, 5.74) is 3.65. The molecule has 0 aliphatic heterocycles. The van der Waals surface area contributed by atoms with E-state index in [4.69, 9.17) is 11.6 Å². The molecule has 2 heteroatoms. The van der Waals surface area contributed by atoms with E-state index in [1.165, 1.54) is 22.0 Å². The molecule has 0 saturated heterocycles. The monoisotopic (exact) mass is 205 g/mol. The molecule has 0 aliphatic carbocycles. The summed E-state index contributed by atoms with van der Waals surface area (Å²) in [5.74, 6) is 0.554. The summed E-state index contributed by atoms with van der Waals surface area (Å²) in [6.07, 6.45) is 6.00. The molecule has 0 radical (unpaired) electrons. The molecule has 1 aromatic carbocycles. The number of fused-ring (bicyclic) bond motifs is 1. The Morgan fingerprint density at radius 3 is 3.07 bits per heavy atom. The SMILES string of the molecule is Cc1ccc2[nH]cc(C=CCCl)c2c1. The van der Waals surface area contributed by atoms with E-state index in [2.05, 4.69) is 30.1 Å².